The normalized spacial score (nSPS) is 12.8. The van der Waals surface area contributed by atoms with Gasteiger partial charge in [0.05, 0.1) is 11.5 Å². The maximum atomic E-state index is 12.4. The monoisotopic (exact) mass is 362 g/mol. The zero-order chi connectivity index (χ0) is 18.3. The summed E-state index contributed by atoms with van der Waals surface area (Å²) in [4.78, 5) is 17.6. The van der Waals surface area contributed by atoms with Crippen LogP contribution in [0.3, 0.4) is 0 Å². The van der Waals surface area contributed by atoms with Gasteiger partial charge in [0.15, 0.2) is 0 Å². The molecule has 134 valence electrons. The van der Waals surface area contributed by atoms with Crippen molar-refractivity contribution in [2.24, 2.45) is 5.92 Å². The lowest BCUT2D eigenvalue weighted by atomic mass is 10.1. The van der Waals surface area contributed by atoms with E-state index in [9.17, 15) is 13.2 Å². The van der Waals surface area contributed by atoms with E-state index in [1.165, 1.54) is 12.1 Å². The van der Waals surface area contributed by atoms with Crippen molar-refractivity contribution in [1.29, 1.82) is 0 Å². The molecule has 0 heterocycles. The van der Waals surface area contributed by atoms with Gasteiger partial charge >= 0.3 is 0 Å². The molecule has 1 atom stereocenters. The summed E-state index contributed by atoms with van der Waals surface area (Å²) < 4.78 is 27.3. The fraction of sp³-hybridized carbons (Fsp3) is 0.278. The third-order valence-corrected chi connectivity index (χ3v) is 5.00. The van der Waals surface area contributed by atoms with Crippen molar-refractivity contribution >= 4 is 15.9 Å². The first-order valence-electron chi connectivity index (χ1n) is 7.93. The molecule has 1 amide bonds. The Hall–Kier alpha value is -2.22. The van der Waals surface area contributed by atoms with E-state index < -0.39 is 22.0 Å². The number of hydroxylamine groups is 1. The third kappa shape index (κ3) is 5.67. The summed E-state index contributed by atoms with van der Waals surface area (Å²) in [6.07, 6.45) is 0. The second-order valence-electron chi connectivity index (χ2n) is 5.90. The van der Waals surface area contributed by atoms with Crippen LogP contribution in [0, 0.1) is 5.92 Å². The number of carbonyl (C=O) groups excluding carboxylic acids is 1. The molecule has 2 aromatic rings. The lowest BCUT2D eigenvalue weighted by molar-refractivity contribution is -0.137. The topological polar surface area (TPSA) is 84.5 Å². The molecule has 25 heavy (non-hydrogen) atoms. The highest BCUT2D eigenvalue weighted by molar-refractivity contribution is 7.89. The average Bonchev–Trinajstić information content (AvgIpc) is 2.61. The molecule has 0 bridgehead atoms. The first-order chi connectivity index (χ1) is 11.9. The Morgan fingerprint density at radius 3 is 2.12 bits per heavy atom. The Bertz CT molecular complexity index is 777. The van der Waals surface area contributed by atoms with E-state index in [1.807, 2.05) is 30.3 Å². The number of hydrogen-bond donors (Lipinski definition) is 2. The fourth-order valence-electron chi connectivity index (χ4n) is 2.16. The van der Waals surface area contributed by atoms with Crippen LogP contribution in [0.25, 0.3) is 0 Å². The quantitative estimate of drug-likeness (QED) is 0.706. The molecule has 2 aromatic carbocycles. The van der Waals surface area contributed by atoms with E-state index in [-0.39, 0.29) is 17.4 Å². The van der Waals surface area contributed by atoms with Crippen molar-refractivity contribution in [3.05, 3.63) is 66.2 Å². The lowest BCUT2D eigenvalue weighted by Crippen LogP contribution is -2.49. The smallest absolute Gasteiger partial charge is 0.261 e. The van der Waals surface area contributed by atoms with Crippen molar-refractivity contribution in [2.45, 2.75) is 31.4 Å². The molecule has 0 aliphatic heterocycles. The molecule has 7 heteroatoms. The largest absolute Gasteiger partial charge is 0.271 e. The number of amides is 1. The number of carbonyl (C=O) groups is 1. The van der Waals surface area contributed by atoms with E-state index in [4.69, 9.17) is 4.84 Å². The van der Waals surface area contributed by atoms with Crippen molar-refractivity contribution < 1.29 is 18.0 Å². The fourth-order valence-corrected chi connectivity index (χ4v) is 3.52. The molecule has 1 unspecified atom stereocenters. The minimum absolute atomic E-state index is 0.110. The molecule has 0 aliphatic carbocycles. The molecule has 0 spiro atoms. The summed E-state index contributed by atoms with van der Waals surface area (Å²) in [6, 6.07) is 16.3. The van der Waals surface area contributed by atoms with Gasteiger partial charge in [0.2, 0.25) is 10.0 Å². The van der Waals surface area contributed by atoms with Gasteiger partial charge in [0.1, 0.15) is 6.04 Å². The SMILES string of the molecule is CC(C)C(NS(=O)(=O)c1ccccc1)C(=O)NOCc1ccccc1. The Morgan fingerprint density at radius 1 is 1.00 bits per heavy atom. The molecule has 2 rings (SSSR count). The van der Waals surface area contributed by atoms with Crippen LogP contribution in [-0.2, 0) is 26.3 Å². The highest BCUT2D eigenvalue weighted by Crippen LogP contribution is 2.11. The van der Waals surface area contributed by atoms with E-state index in [2.05, 4.69) is 10.2 Å². The van der Waals surface area contributed by atoms with Gasteiger partial charge < -0.3 is 0 Å². The van der Waals surface area contributed by atoms with Gasteiger partial charge in [-0.25, -0.2) is 13.9 Å². The predicted octanol–water partition coefficient (Wildman–Crippen LogP) is 2.24. The molecule has 0 aliphatic rings. The molecule has 2 N–H and O–H groups in total. The van der Waals surface area contributed by atoms with Crippen LogP contribution >= 0.6 is 0 Å². The molecule has 0 radical (unpaired) electrons. The molecular formula is C18H22N2O4S. The Kier molecular flexibility index (Phi) is 6.69. The van der Waals surface area contributed by atoms with Gasteiger partial charge in [-0.1, -0.05) is 62.4 Å². The van der Waals surface area contributed by atoms with E-state index in [1.54, 1.807) is 32.0 Å². The minimum Gasteiger partial charge on any atom is -0.271 e. The zero-order valence-electron chi connectivity index (χ0n) is 14.2. The number of benzene rings is 2. The molecule has 0 fully saturated rings. The number of rotatable bonds is 8. The van der Waals surface area contributed by atoms with Crippen molar-refractivity contribution in [2.75, 3.05) is 0 Å². The standard InChI is InChI=1S/C18H22N2O4S/c1-14(2)17(20-25(22,23)16-11-7-4-8-12-16)18(21)19-24-13-15-9-5-3-6-10-15/h3-12,14,17,20H,13H2,1-2H3,(H,19,21). The molecular weight excluding hydrogens is 340 g/mol. The molecule has 0 saturated carbocycles. The average molecular weight is 362 g/mol. The maximum absolute atomic E-state index is 12.4. The van der Waals surface area contributed by atoms with Crippen LogP contribution in [0.1, 0.15) is 19.4 Å². The first kappa shape index (κ1) is 19.1. The highest BCUT2D eigenvalue weighted by atomic mass is 32.2. The van der Waals surface area contributed by atoms with Gasteiger partial charge in [0, 0.05) is 0 Å². The van der Waals surface area contributed by atoms with Crippen molar-refractivity contribution in [3.63, 3.8) is 0 Å². The van der Waals surface area contributed by atoms with Crippen LogP contribution in [0.5, 0.6) is 0 Å². The van der Waals surface area contributed by atoms with Gasteiger partial charge in [-0.2, -0.15) is 4.72 Å². The second kappa shape index (κ2) is 8.75. The third-order valence-electron chi connectivity index (χ3n) is 3.54. The Labute approximate surface area is 148 Å². The summed E-state index contributed by atoms with van der Waals surface area (Å²) in [5.74, 6) is -0.788. The lowest BCUT2D eigenvalue weighted by Gasteiger charge is -2.21. The minimum atomic E-state index is -3.79. The Morgan fingerprint density at radius 2 is 1.56 bits per heavy atom. The van der Waals surface area contributed by atoms with E-state index >= 15 is 0 Å². The van der Waals surface area contributed by atoms with Crippen LogP contribution in [0.2, 0.25) is 0 Å². The van der Waals surface area contributed by atoms with Gasteiger partial charge in [-0.15, -0.1) is 0 Å². The molecule has 6 nitrogen and oxygen atoms in total. The predicted molar refractivity (Wildman–Crippen MR) is 94.8 cm³/mol. The summed E-state index contributed by atoms with van der Waals surface area (Å²) in [5, 5.41) is 0. The van der Waals surface area contributed by atoms with Crippen molar-refractivity contribution in [3.8, 4) is 0 Å². The summed E-state index contributed by atoms with van der Waals surface area (Å²) >= 11 is 0. The molecule has 0 saturated heterocycles. The number of hydrogen-bond acceptors (Lipinski definition) is 4. The molecule has 0 aromatic heterocycles. The van der Waals surface area contributed by atoms with Crippen LogP contribution in [0.15, 0.2) is 65.6 Å². The number of nitrogens with one attached hydrogen (secondary N) is 2. The van der Waals surface area contributed by atoms with Crippen LogP contribution < -0.4 is 10.2 Å². The van der Waals surface area contributed by atoms with Gasteiger partial charge in [-0.3, -0.25) is 9.63 Å². The summed E-state index contributed by atoms with van der Waals surface area (Å²) in [5.41, 5.74) is 3.22. The van der Waals surface area contributed by atoms with Gasteiger partial charge in [0.25, 0.3) is 5.91 Å². The van der Waals surface area contributed by atoms with E-state index in [0.29, 0.717) is 0 Å². The summed E-state index contributed by atoms with van der Waals surface area (Å²) in [6.45, 7) is 3.72. The van der Waals surface area contributed by atoms with E-state index in [0.717, 1.165) is 5.56 Å². The Balaban J connectivity index is 1.98. The highest BCUT2D eigenvalue weighted by Gasteiger charge is 2.28. The zero-order valence-corrected chi connectivity index (χ0v) is 15.0. The van der Waals surface area contributed by atoms with Crippen LogP contribution in [0.4, 0.5) is 0 Å². The van der Waals surface area contributed by atoms with Gasteiger partial charge in [-0.05, 0) is 23.6 Å². The number of sulfonamides is 1. The second-order valence-corrected chi connectivity index (χ2v) is 7.61. The van der Waals surface area contributed by atoms with Crippen molar-refractivity contribution in [1.82, 2.24) is 10.2 Å². The van der Waals surface area contributed by atoms with Crippen LogP contribution in [-0.4, -0.2) is 20.4 Å². The maximum Gasteiger partial charge on any atom is 0.261 e. The summed E-state index contributed by atoms with van der Waals surface area (Å²) in [7, 11) is -3.79. The first-order valence-corrected chi connectivity index (χ1v) is 9.41.